The number of hydrogen-bond donors (Lipinski definition) is 2. The molecule has 1 aromatic carbocycles. The fourth-order valence-corrected chi connectivity index (χ4v) is 2.03. The van der Waals surface area contributed by atoms with E-state index < -0.39 is 0 Å². The predicted molar refractivity (Wildman–Crippen MR) is 99.5 cm³/mol. The van der Waals surface area contributed by atoms with E-state index in [-0.39, 0.29) is 0 Å². The van der Waals surface area contributed by atoms with Crippen LogP contribution in [0.1, 0.15) is 33.6 Å². The Labute approximate surface area is 145 Å². The topological polar surface area (TPSA) is 64.1 Å². The zero-order valence-electron chi connectivity index (χ0n) is 15.4. The molecule has 0 aliphatic heterocycles. The lowest BCUT2D eigenvalue weighted by atomic mass is 10.2. The smallest absolute Gasteiger partial charge is 0.195 e. The van der Waals surface area contributed by atoms with Crippen LogP contribution >= 0.6 is 0 Å². The molecule has 0 atom stereocenters. The third kappa shape index (κ3) is 7.55. The lowest BCUT2D eigenvalue weighted by Crippen LogP contribution is -2.31. The molecule has 0 aliphatic rings. The van der Waals surface area contributed by atoms with Crippen molar-refractivity contribution in [3.05, 3.63) is 18.2 Å². The summed E-state index contributed by atoms with van der Waals surface area (Å²) in [6.07, 6.45) is 2.24. The van der Waals surface area contributed by atoms with Crippen LogP contribution in [0.5, 0.6) is 11.5 Å². The summed E-state index contributed by atoms with van der Waals surface area (Å²) in [5, 5.41) is 6.50. The molecule has 0 fully saturated rings. The van der Waals surface area contributed by atoms with E-state index in [4.69, 9.17) is 14.2 Å². The monoisotopic (exact) mass is 337 g/mol. The standard InChI is InChI=1S/C18H31N3O3/c1-5-8-12-23-13-11-20-18(19-6-2)21-15-9-10-16(24-7-3)17(14-15)22-4/h9-10,14H,5-8,11-13H2,1-4H3,(H2,19,20,21). The van der Waals surface area contributed by atoms with E-state index >= 15 is 0 Å². The molecule has 1 aromatic rings. The molecule has 0 unspecified atom stereocenters. The molecule has 0 heterocycles. The molecule has 0 amide bonds. The minimum absolute atomic E-state index is 0.602. The van der Waals surface area contributed by atoms with Crippen LogP contribution in [0.4, 0.5) is 5.69 Å². The Morgan fingerprint density at radius 3 is 2.62 bits per heavy atom. The van der Waals surface area contributed by atoms with Crippen molar-refractivity contribution in [3.63, 3.8) is 0 Å². The van der Waals surface area contributed by atoms with Crippen molar-refractivity contribution in [1.29, 1.82) is 0 Å². The summed E-state index contributed by atoms with van der Waals surface area (Å²) < 4.78 is 16.4. The number of guanidine groups is 1. The van der Waals surface area contributed by atoms with Gasteiger partial charge in [-0.15, -0.1) is 0 Å². The van der Waals surface area contributed by atoms with Gasteiger partial charge in [0.1, 0.15) is 0 Å². The van der Waals surface area contributed by atoms with Gasteiger partial charge < -0.3 is 24.8 Å². The number of unbranched alkanes of at least 4 members (excludes halogenated alkanes) is 1. The second kappa shape index (κ2) is 12.5. The van der Waals surface area contributed by atoms with Crippen molar-refractivity contribution in [1.82, 2.24) is 5.32 Å². The maximum atomic E-state index is 5.53. The van der Waals surface area contributed by atoms with Gasteiger partial charge in [0.2, 0.25) is 0 Å². The van der Waals surface area contributed by atoms with Crippen LogP contribution in [-0.2, 0) is 4.74 Å². The molecular weight excluding hydrogens is 306 g/mol. The van der Waals surface area contributed by atoms with Crippen molar-refractivity contribution in [2.45, 2.75) is 33.6 Å². The number of methoxy groups -OCH3 is 1. The fourth-order valence-electron chi connectivity index (χ4n) is 2.03. The van der Waals surface area contributed by atoms with Gasteiger partial charge in [0.15, 0.2) is 17.5 Å². The second-order valence-corrected chi connectivity index (χ2v) is 5.15. The molecule has 6 nitrogen and oxygen atoms in total. The van der Waals surface area contributed by atoms with E-state index in [1.165, 1.54) is 0 Å². The predicted octanol–water partition coefficient (Wildman–Crippen LogP) is 3.29. The van der Waals surface area contributed by atoms with Crippen LogP contribution in [0.15, 0.2) is 23.2 Å². The Kier molecular flexibility index (Phi) is 10.4. The summed E-state index contributed by atoms with van der Waals surface area (Å²) >= 11 is 0. The zero-order valence-corrected chi connectivity index (χ0v) is 15.4. The molecule has 24 heavy (non-hydrogen) atoms. The number of benzene rings is 1. The van der Waals surface area contributed by atoms with E-state index in [2.05, 4.69) is 22.5 Å². The lowest BCUT2D eigenvalue weighted by molar-refractivity contribution is 0.139. The molecule has 0 spiro atoms. The highest BCUT2D eigenvalue weighted by molar-refractivity contribution is 5.93. The van der Waals surface area contributed by atoms with Crippen LogP contribution in [0.2, 0.25) is 0 Å². The normalized spacial score (nSPS) is 11.2. The highest BCUT2D eigenvalue weighted by Gasteiger charge is 2.06. The van der Waals surface area contributed by atoms with Crippen molar-refractivity contribution < 1.29 is 14.2 Å². The number of nitrogens with zero attached hydrogens (tertiary/aromatic N) is 1. The molecule has 2 N–H and O–H groups in total. The van der Waals surface area contributed by atoms with Gasteiger partial charge in [-0.05, 0) is 32.4 Å². The molecule has 136 valence electrons. The number of nitrogens with one attached hydrogen (secondary N) is 2. The Hall–Kier alpha value is -1.95. The summed E-state index contributed by atoms with van der Waals surface area (Å²) in [6, 6.07) is 5.73. The van der Waals surface area contributed by atoms with Crippen LogP contribution in [0, 0.1) is 0 Å². The highest BCUT2D eigenvalue weighted by atomic mass is 16.5. The van der Waals surface area contributed by atoms with Gasteiger partial charge in [-0.3, -0.25) is 4.99 Å². The Morgan fingerprint density at radius 1 is 1.12 bits per heavy atom. The number of anilines is 1. The first-order chi connectivity index (χ1) is 11.7. The molecule has 6 heteroatoms. The first-order valence-corrected chi connectivity index (χ1v) is 8.69. The highest BCUT2D eigenvalue weighted by Crippen LogP contribution is 2.30. The average molecular weight is 337 g/mol. The van der Waals surface area contributed by atoms with Crippen LogP contribution < -0.4 is 20.1 Å². The number of aliphatic imine (C=N–C) groups is 1. The van der Waals surface area contributed by atoms with Gasteiger partial charge in [-0.1, -0.05) is 13.3 Å². The molecule has 0 saturated carbocycles. The molecule has 0 radical (unpaired) electrons. The van der Waals surface area contributed by atoms with Crippen LogP contribution in [0.3, 0.4) is 0 Å². The molecule has 1 rings (SSSR count). The van der Waals surface area contributed by atoms with Gasteiger partial charge in [-0.2, -0.15) is 0 Å². The fraction of sp³-hybridized carbons (Fsp3) is 0.611. The Morgan fingerprint density at radius 2 is 1.96 bits per heavy atom. The van der Waals surface area contributed by atoms with E-state index in [1.807, 2.05) is 32.0 Å². The van der Waals surface area contributed by atoms with Crippen molar-refractivity contribution >= 4 is 11.6 Å². The van der Waals surface area contributed by atoms with Gasteiger partial charge >= 0.3 is 0 Å². The molecular formula is C18H31N3O3. The van der Waals surface area contributed by atoms with Gasteiger partial charge in [-0.25, -0.2) is 0 Å². The van der Waals surface area contributed by atoms with Crippen molar-refractivity contribution in [3.8, 4) is 11.5 Å². The quantitative estimate of drug-likeness (QED) is 0.368. The minimum Gasteiger partial charge on any atom is -0.493 e. The largest absolute Gasteiger partial charge is 0.493 e. The Bertz CT molecular complexity index is 492. The van der Waals surface area contributed by atoms with E-state index in [1.54, 1.807) is 7.11 Å². The number of rotatable bonds is 11. The third-order valence-corrected chi connectivity index (χ3v) is 3.22. The second-order valence-electron chi connectivity index (χ2n) is 5.15. The summed E-state index contributed by atoms with van der Waals surface area (Å²) in [4.78, 5) is 4.52. The van der Waals surface area contributed by atoms with Crippen molar-refractivity contribution in [2.24, 2.45) is 4.99 Å². The van der Waals surface area contributed by atoms with Crippen LogP contribution in [-0.4, -0.2) is 46.0 Å². The van der Waals surface area contributed by atoms with Gasteiger partial charge in [0, 0.05) is 24.9 Å². The molecule has 0 aliphatic carbocycles. The van der Waals surface area contributed by atoms with Gasteiger partial charge in [0.05, 0.1) is 26.9 Å². The molecule has 0 saturated heterocycles. The lowest BCUT2D eigenvalue weighted by Gasteiger charge is -2.14. The summed E-state index contributed by atoms with van der Waals surface area (Å²) in [5.41, 5.74) is 0.891. The minimum atomic E-state index is 0.602. The molecule has 0 aromatic heterocycles. The van der Waals surface area contributed by atoms with E-state index in [0.717, 1.165) is 43.4 Å². The summed E-state index contributed by atoms with van der Waals surface area (Å²) in [7, 11) is 1.63. The average Bonchev–Trinajstić information content (AvgIpc) is 2.59. The third-order valence-electron chi connectivity index (χ3n) is 3.22. The first kappa shape index (κ1) is 20.1. The maximum absolute atomic E-state index is 5.53. The van der Waals surface area contributed by atoms with Crippen LogP contribution in [0.25, 0.3) is 0 Å². The van der Waals surface area contributed by atoms with Gasteiger partial charge in [0.25, 0.3) is 0 Å². The zero-order chi connectivity index (χ0) is 17.6. The summed E-state index contributed by atoms with van der Waals surface area (Å²) in [6.45, 7) is 9.57. The van der Waals surface area contributed by atoms with E-state index in [9.17, 15) is 0 Å². The van der Waals surface area contributed by atoms with E-state index in [0.29, 0.717) is 25.5 Å². The Balaban J connectivity index is 2.63. The maximum Gasteiger partial charge on any atom is 0.195 e. The van der Waals surface area contributed by atoms with Crippen molar-refractivity contribution in [2.75, 3.05) is 45.3 Å². The number of hydrogen-bond acceptors (Lipinski definition) is 4. The molecule has 0 bridgehead atoms. The number of ether oxygens (including phenoxy) is 3. The SMILES string of the molecule is CCCCOCCN=C(NCC)Nc1ccc(OCC)c(OC)c1. The summed E-state index contributed by atoms with van der Waals surface area (Å²) in [5.74, 6) is 2.15. The first-order valence-electron chi connectivity index (χ1n) is 8.69.